The lowest BCUT2D eigenvalue weighted by Gasteiger charge is -2.19. The van der Waals surface area contributed by atoms with Gasteiger partial charge < -0.3 is 24.8 Å². The van der Waals surface area contributed by atoms with Crippen LogP contribution in [-0.4, -0.2) is 61.5 Å². The van der Waals surface area contributed by atoms with Crippen molar-refractivity contribution in [1.29, 1.82) is 0 Å². The Morgan fingerprint density at radius 1 is 0.673 bits per heavy atom. The number of phosphoric ester groups is 1. The predicted octanol–water partition coefficient (Wildman–Crippen LogP) is 10.6. The van der Waals surface area contributed by atoms with E-state index in [1.165, 1.54) is 64.2 Å². The molecule has 1 aliphatic heterocycles. The lowest BCUT2D eigenvalue weighted by atomic mass is 10.1. The standard InChI is InChI=1S/C41H76NO9P/c1-3-5-7-9-11-12-13-14-15-16-17-18-19-23-28-32-41(44)50-37(36-49-52(45,46)48-34-33-42)35-47-40(43)31-27-24-20-22-26-30-39-38(51-39)29-25-21-10-8-6-4-2/h14-15,21,25,37-39H,3-13,16-20,22-24,26-36,42H2,1-2H3,(H,45,46)/b15-14-,25-21-/t37-,38?,39?/m1/s1. The maximum atomic E-state index is 12.6. The number of epoxide rings is 1. The molecule has 11 heteroatoms. The Kier molecular flexibility index (Phi) is 31.7. The van der Waals surface area contributed by atoms with Crippen molar-refractivity contribution in [3.8, 4) is 0 Å². The quantitative estimate of drug-likeness (QED) is 0.0205. The van der Waals surface area contributed by atoms with E-state index in [9.17, 15) is 19.0 Å². The fourth-order valence-electron chi connectivity index (χ4n) is 5.99. The summed E-state index contributed by atoms with van der Waals surface area (Å²) in [5, 5.41) is 0. The van der Waals surface area contributed by atoms with Gasteiger partial charge in [-0.15, -0.1) is 0 Å². The third-order valence-electron chi connectivity index (χ3n) is 9.23. The number of carbonyl (C=O) groups is 2. The van der Waals surface area contributed by atoms with Gasteiger partial charge in [0.15, 0.2) is 6.10 Å². The molecule has 10 nitrogen and oxygen atoms in total. The Hall–Kier alpha value is -1.55. The molecular weight excluding hydrogens is 681 g/mol. The zero-order valence-electron chi connectivity index (χ0n) is 33.0. The third-order valence-corrected chi connectivity index (χ3v) is 10.2. The molecule has 1 heterocycles. The minimum atomic E-state index is -4.38. The lowest BCUT2D eigenvalue weighted by molar-refractivity contribution is -0.161. The molecule has 0 spiro atoms. The molecule has 0 aliphatic carbocycles. The molecule has 0 aromatic heterocycles. The van der Waals surface area contributed by atoms with Crippen LogP contribution in [0.3, 0.4) is 0 Å². The van der Waals surface area contributed by atoms with E-state index < -0.39 is 32.5 Å². The van der Waals surface area contributed by atoms with E-state index in [1.807, 2.05) is 0 Å². The van der Waals surface area contributed by atoms with Crippen molar-refractivity contribution in [2.24, 2.45) is 5.73 Å². The van der Waals surface area contributed by atoms with Crippen LogP contribution in [-0.2, 0) is 37.4 Å². The maximum Gasteiger partial charge on any atom is 0.472 e. The number of esters is 2. The Morgan fingerprint density at radius 3 is 1.83 bits per heavy atom. The molecule has 3 N–H and O–H groups in total. The smallest absolute Gasteiger partial charge is 0.462 e. The van der Waals surface area contributed by atoms with E-state index in [0.717, 1.165) is 77.0 Å². The highest BCUT2D eigenvalue weighted by atomic mass is 31.2. The Labute approximate surface area is 317 Å². The number of allylic oxidation sites excluding steroid dienone is 3. The van der Waals surface area contributed by atoms with Gasteiger partial charge in [-0.3, -0.25) is 18.6 Å². The van der Waals surface area contributed by atoms with Gasteiger partial charge in [-0.1, -0.05) is 128 Å². The first-order chi connectivity index (χ1) is 25.3. The van der Waals surface area contributed by atoms with Crippen LogP contribution in [0.5, 0.6) is 0 Å². The highest BCUT2D eigenvalue weighted by Gasteiger charge is 2.36. The average molecular weight is 758 g/mol. The monoisotopic (exact) mass is 758 g/mol. The van der Waals surface area contributed by atoms with Crippen molar-refractivity contribution in [3.05, 3.63) is 24.3 Å². The van der Waals surface area contributed by atoms with Crippen LogP contribution in [0.4, 0.5) is 0 Å². The van der Waals surface area contributed by atoms with Crippen molar-refractivity contribution in [2.45, 2.75) is 199 Å². The van der Waals surface area contributed by atoms with E-state index in [1.54, 1.807) is 0 Å². The summed E-state index contributed by atoms with van der Waals surface area (Å²) in [6.45, 7) is 3.66. The van der Waals surface area contributed by atoms with E-state index >= 15 is 0 Å². The van der Waals surface area contributed by atoms with Crippen molar-refractivity contribution in [3.63, 3.8) is 0 Å². The highest BCUT2D eigenvalue weighted by molar-refractivity contribution is 7.47. The van der Waals surface area contributed by atoms with Gasteiger partial charge in [0.2, 0.25) is 0 Å². The second-order valence-corrected chi connectivity index (χ2v) is 15.7. The molecule has 52 heavy (non-hydrogen) atoms. The molecule has 304 valence electrons. The zero-order chi connectivity index (χ0) is 38.0. The Morgan fingerprint density at radius 2 is 1.19 bits per heavy atom. The molecule has 0 radical (unpaired) electrons. The molecule has 1 rings (SSSR count). The number of hydrogen-bond acceptors (Lipinski definition) is 9. The van der Waals surface area contributed by atoms with Crippen LogP contribution >= 0.6 is 7.82 Å². The van der Waals surface area contributed by atoms with Gasteiger partial charge in [-0.2, -0.15) is 0 Å². The molecule has 4 atom stereocenters. The summed E-state index contributed by atoms with van der Waals surface area (Å²) in [6, 6.07) is 0. The van der Waals surface area contributed by atoms with Gasteiger partial charge in [-0.05, 0) is 64.2 Å². The Balaban J connectivity index is 2.20. The largest absolute Gasteiger partial charge is 0.472 e. The van der Waals surface area contributed by atoms with Gasteiger partial charge in [0.25, 0.3) is 0 Å². The van der Waals surface area contributed by atoms with Gasteiger partial charge in [0.1, 0.15) is 6.61 Å². The lowest BCUT2D eigenvalue weighted by Crippen LogP contribution is -2.29. The number of hydrogen-bond donors (Lipinski definition) is 2. The van der Waals surface area contributed by atoms with Crippen LogP contribution in [0, 0.1) is 0 Å². The molecule has 0 aromatic rings. The highest BCUT2D eigenvalue weighted by Crippen LogP contribution is 2.43. The predicted molar refractivity (Wildman–Crippen MR) is 210 cm³/mol. The minimum absolute atomic E-state index is 0.0480. The summed E-state index contributed by atoms with van der Waals surface area (Å²) in [4.78, 5) is 34.8. The summed E-state index contributed by atoms with van der Waals surface area (Å²) in [7, 11) is -4.38. The summed E-state index contributed by atoms with van der Waals surface area (Å²) in [5.41, 5.74) is 5.34. The third kappa shape index (κ3) is 30.9. The van der Waals surface area contributed by atoms with Crippen molar-refractivity contribution >= 4 is 19.8 Å². The van der Waals surface area contributed by atoms with Crippen LogP contribution in [0.2, 0.25) is 0 Å². The summed E-state index contributed by atoms with van der Waals surface area (Å²) >= 11 is 0. The van der Waals surface area contributed by atoms with E-state index in [-0.39, 0.29) is 32.6 Å². The van der Waals surface area contributed by atoms with Crippen molar-refractivity contribution in [2.75, 3.05) is 26.4 Å². The Bertz CT molecular complexity index is 976. The molecule has 3 unspecified atom stereocenters. The molecule has 0 bridgehead atoms. The molecule has 1 aliphatic rings. The number of carbonyl (C=O) groups excluding carboxylic acids is 2. The fraction of sp³-hybridized carbons (Fsp3) is 0.854. The summed E-state index contributed by atoms with van der Waals surface area (Å²) in [6.07, 6.45) is 36.5. The first-order valence-electron chi connectivity index (χ1n) is 20.9. The molecule has 0 amide bonds. The zero-order valence-corrected chi connectivity index (χ0v) is 33.9. The van der Waals surface area contributed by atoms with Crippen LogP contribution in [0.1, 0.15) is 181 Å². The molecule has 1 saturated heterocycles. The number of nitrogens with two attached hydrogens (primary N) is 1. The second-order valence-electron chi connectivity index (χ2n) is 14.2. The SMILES string of the molecule is CCCCC/C=C\CC1OC1CCCCCCCC(=O)OC[C@H](COP(=O)(O)OCCN)OC(=O)CCCCCCC/C=C\CCCCCCCC. The van der Waals surface area contributed by atoms with Crippen LogP contribution < -0.4 is 5.73 Å². The van der Waals surface area contributed by atoms with E-state index in [2.05, 4.69) is 38.2 Å². The first kappa shape index (κ1) is 48.5. The number of unbranched alkanes of at least 4 members (excludes halogenated alkanes) is 18. The normalized spacial score (nSPS) is 17.5. The molecule has 0 aromatic carbocycles. The van der Waals surface area contributed by atoms with Crippen molar-refractivity contribution < 1.29 is 42.3 Å². The molecule has 1 fully saturated rings. The van der Waals surface area contributed by atoms with E-state index in [0.29, 0.717) is 25.0 Å². The summed E-state index contributed by atoms with van der Waals surface area (Å²) < 4.78 is 38.5. The van der Waals surface area contributed by atoms with Gasteiger partial charge in [0.05, 0.1) is 25.4 Å². The topological polar surface area (TPSA) is 147 Å². The number of phosphoric acid groups is 1. The number of ether oxygens (including phenoxy) is 3. The number of rotatable bonds is 38. The van der Waals surface area contributed by atoms with Gasteiger partial charge in [-0.25, -0.2) is 4.57 Å². The van der Waals surface area contributed by atoms with Gasteiger partial charge >= 0.3 is 19.8 Å². The average Bonchev–Trinajstić information content (AvgIpc) is 3.89. The first-order valence-corrected chi connectivity index (χ1v) is 22.4. The van der Waals surface area contributed by atoms with Crippen molar-refractivity contribution in [1.82, 2.24) is 0 Å². The van der Waals surface area contributed by atoms with Gasteiger partial charge in [0, 0.05) is 19.4 Å². The second kappa shape index (κ2) is 34.0. The maximum absolute atomic E-state index is 12.6. The fourth-order valence-corrected chi connectivity index (χ4v) is 6.75. The molecule has 0 saturated carbocycles. The van der Waals surface area contributed by atoms with E-state index in [4.69, 9.17) is 29.0 Å². The van der Waals surface area contributed by atoms with Crippen LogP contribution in [0.25, 0.3) is 0 Å². The molecular formula is C41H76NO9P. The minimum Gasteiger partial charge on any atom is -0.462 e. The van der Waals surface area contributed by atoms with Crippen LogP contribution in [0.15, 0.2) is 24.3 Å². The summed E-state index contributed by atoms with van der Waals surface area (Å²) in [5.74, 6) is -0.860.